The first-order valence-corrected chi connectivity index (χ1v) is 9.01. The van der Waals surface area contributed by atoms with E-state index in [4.69, 9.17) is 4.74 Å². The van der Waals surface area contributed by atoms with Gasteiger partial charge in [0.2, 0.25) is 10.5 Å². The number of aromatic nitrogens is 1. The molecule has 1 heterocycles. The Morgan fingerprint density at radius 2 is 1.89 bits per heavy atom. The fourth-order valence-electron chi connectivity index (χ4n) is 1.99. The van der Waals surface area contributed by atoms with Crippen LogP contribution in [-0.4, -0.2) is 26.2 Å². The Morgan fingerprint density at radius 3 is 2.50 bits per heavy atom. The molecule has 0 amide bonds. The Morgan fingerprint density at radius 1 is 1.22 bits per heavy atom. The van der Waals surface area contributed by atoms with Crippen molar-refractivity contribution in [2.75, 3.05) is 26.2 Å². The standard InChI is InChI=1S/C13H18NOS3/c1-9-14(5-6-15-2)10-7-12(16-3)13(17-4)8-11(10)18-9/h7-8H,5-6H2,1-4H3/q+1. The summed E-state index contributed by atoms with van der Waals surface area (Å²) in [7, 11) is 1.75. The number of aryl methyl sites for hydroxylation is 1. The van der Waals surface area contributed by atoms with Gasteiger partial charge in [-0.1, -0.05) is 11.3 Å². The van der Waals surface area contributed by atoms with Crippen LogP contribution in [0.2, 0.25) is 0 Å². The molecule has 5 heteroatoms. The number of fused-ring (bicyclic) bond motifs is 1. The number of ether oxygens (including phenoxy) is 1. The van der Waals surface area contributed by atoms with Gasteiger partial charge in [-0.25, -0.2) is 0 Å². The molecule has 0 radical (unpaired) electrons. The lowest BCUT2D eigenvalue weighted by molar-refractivity contribution is -0.674. The Bertz CT molecular complexity index is 551. The minimum atomic E-state index is 0.760. The van der Waals surface area contributed by atoms with Gasteiger partial charge in [0.05, 0.1) is 0 Å². The smallest absolute Gasteiger partial charge is 0.235 e. The monoisotopic (exact) mass is 300 g/mol. The molecule has 0 saturated heterocycles. The summed E-state index contributed by atoms with van der Waals surface area (Å²) in [6, 6.07) is 4.62. The highest BCUT2D eigenvalue weighted by Gasteiger charge is 2.19. The second-order valence-electron chi connectivity index (χ2n) is 3.94. The Balaban J connectivity index is 2.55. The van der Waals surface area contributed by atoms with Crippen molar-refractivity contribution in [1.29, 1.82) is 0 Å². The molecule has 2 aromatic rings. The molecule has 0 fully saturated rings. The van der Waals surface area contributed by atoms with Crippen LogP contribution in [0.3, 0.4) is 0 Å². The predicted molar refractivity (Wildman–Crippen MR) is 82.2 cm³/mol. The number of nitrogens with zero attached hydrogens (tertiary/aromatic N) is 1. The molecule has 18 heavy (non-hydrogen) atoms. The average Bonchev–Trinajstić information content (AvgIpc) is 2.69. The highest BCUT2D eigenvalue weighted by atomic mass is 32.2. The second kappa shape index (κ2) is 6.28. The van der Waals surface area contributed by atoms with Crippen molar-refractivity contribution < 1.29 is 9.30 Å². The van der Waals surface area contributed by atoms with Crippen LogP contribution in [0.15, 0.2) is 21.9 Å². The van der Waals surface area contributed by atoms with Gasteiger partial charge in [0.15, 0.2) is 6.54 Å². The highest BCUT2D eigenvalue weighted by Crippen LogP contribution is 2.33. The normalized spacial score (nSPS) is 11.3. The van der Waals surface area contributed by atoms with E-state index in [9.17, 15) is 0 Å². The van der Waals surface area contributed by atoms with Crippen LogP contribution >= 0.6 is 34.9 Å². The number of benzene rings is 1. The molecule has 0 bridgehead atoms. The molecule has 2 rings (SSSR count). The number of hydrogen-bond donors (Lipinski definition) is 0. The van der Waals surface area contributed by atoms with Gasteiger partial charge in [-0.2, -0.15) is 4.57 Å². The largest absolute Gasteiger partial charge is 0.378 e. The van der Waals surface area contributed by atoms with E-state index in [-0.39, 0.29) is 0 Å². The van der Waals surface area contributed by atoms with Crippen LogP contribution in [0.4, 0.5) is 0 Å². The third-order valence-electron chi connectivity index (χ3n) is 2.91. The molecular weight excluding hydrogens is 282 g/mol. The zero-order chi connectivity index (χ0) is 13.1. The number of rotatable bonds is 5. The van der Waals surface area contributed by atoms with Crippen molar-refractivity contribution in [3.05, 3.63) is 17.1 Å². The van der Waals surface area contributed by atoms with Gasteiger partial charge in [-0.15, -0.1) is 23.5 Å². The number of thioether (sulfide) groups is 2. The third kappa shape index (κ3) is 2.69. The molecule has 0 aliphatic carbocycles. The summed E-state index contributed by atoms with van der Waals surface area (Å²) in [5.74, 6) is 0. The van der Waals surface area contributed by atoms with Gasteiger partial charge < -0.3 is 4.74 Å². The molecule has 0 aliphatic rings. The van der Waals surface area contributed by atoms with Gasteiger partial charge in [-0.05, 0) is 18.6 Å². The molecular formula is C13H18NOS3+. The van der Waals surface area contributed by atoms with Gasteiger partial charge in [0.25, 0.3) is 0 Å². The van der Waals surface area contributed by atoms with Crippen LogP contribution in [0.25, 0.3) is 10.2 Å². The van der Waals surface area contributed by atoms with Crippen LogP contribution < -0.4 is 4.57 Å². The second-order valence-corrected chi connectivity index (χ2v) is 6.87. The first-order valence-electron chi connectivity index (χ1n) is 5.75. The van der Waals surface area contributed by atoms with Crippen LogP contribution in [0.1, 0.15) is 5.01 Å². The van der Waals surface area contributed by atoms with Crippen molar-refractivity contribution in [2.24, 2.45) is 0 Å². The summed E-state index contributed by atoms with van der Waals surface area (Å²) in [5.41, 5.74) is 1.33. The predicted octanol–water partition coefficient (Wildman–Crippen LogP) is 3.59. The summed E-state index contributed by atoms with van der Waals surface area (Å²) in [5, 5.41) is 1.34. The van der Waals surface area contributed by atoms with Gasteiger partial charge in [-0.3, -0.25) is 0 Å². The lowest BCUT2D eigenvalue weighted by Crippen LogP contribution is -2.37. The maximum Gasteiger partial charge on any atom is 0.235 e. The Labute approximate surface area is 121 Å². The molecule has 0 unspecified atom stereocenters. The molecule has 1 aromatic heterocycles. The molecule has 0 spiro atoms. The molecule has 2 nitrogen and oxygen atoms in total. The highest BCUT2D eigenvalue weighted by molar-refractivity contribution is 8.01. The van der Waals surface area contributed by atoms with Crippen molar-refractivity contribution in [2.45, 2.75) is 23.3 Å². The maximum atomic E-state index is 5.20. The lowest BCUT2D eigenvalue weighted by atomic mass is 10.3. The van der Waals surface area contributed by atoms with Gasteiger partial charge in [0, 0.05) is 29.9 Å². The molecule has 0 saturated carbocycles. The van der Waals surface area contributed by atoms with E-state index in [1.165, 1.54) is 25.0 Å². The molecule has 0 aliphatic heterocycles. The van der Waals surface area contributed by atoms with E-state index < -0.39 is 0 Å². The summed E-state index contributed by atoms with van der Waals surface area (Å²) in [6.45, 7) is 3.86. The number of hydrogen-bond acceptors (Lipinski definition) is 4. The molecule has 0 atom stereocenters. The van der Waals surface area contributed by atoms with E-state index in [0.717, 1.165) is 13.2 Å². The van der Waals surface area contributed by atoms with E-state index in [1.807, 2.05) is 34.9 Å². The topological polar surface area (TPSA) is 13.1 Å². The van der Waals surface area contributed by atoms with E-state index >= 15 is 0 Å². The molecule has 1 aromatic carbocycles. The zero-order valence-corrected chi connectivity index (χ0v) is 13.6. The fourth-order valence-corrected chi connectivity index (χ4v) is 4.62. The molecule has 0 N–H and O–H groups in total. The fraction of sp³-hybridized carbons (Fsp3) is 0.462. The van der Waals surface area contributed by atoms with Crippen molar-refractivity contribution in [3.63, 3.8) is 0 Å². The third-order valence-corrected chi connectivity index (χ3v) is 5.66. The number of methoxy groups -OCH3 is 1. The SMILES string of the molecule is COCC[n+]1c(C)sc2cc(SC)c(SC)cc21. The maximum absolute atomic E-state index is 5.20. The van der Waals surface area contributed by atoms with E-state index in [1.54, 1.807) is 7.11 Å². The zero-order valence-electron chi connectivity index (χ0n) is 11.1. The minimum absolute atomic E-state index is 0.760. The minimum Gasteiger partial charge on any atom is -0.378 e. The molecule has 98 valence electrons. The Hall–Kier alpha value is -0.230. The van der Waals surface area contributed by atoms with Crippen molar-refractivity contribution in [1.82, 2.24) is 0 Å². The number of thiazole rings is 1. The van der Waals surface area contributed by atoms with Gasteiger partial charge >= 0.3 is 0 Å². The van der Waals surface area contributed by atoms with E-state index in [2.05, 4.69) is 36.1 Å². The first kappa shape index (κ1) is 14.2. The van der Waals surface area contributed by atoms with Crippen LogP contribution in [0, 0.1) is 6.92 Å². The van der Waals surface area contributed by atoms with E-state index in [0.29, 0.717) is 0 Å². The van der Waals surface area contributed by atoms with Crippen molar-refractivity contribution in [3.8, 4) is 0 Å². The quantitative estimate of drug-likeness (QED) is 0.619. The first-order chi connectivity index (χ1) is 8.71. The average molecular weight is 300 g/mol. The lowest BCUT2D eigenvalue weighted by Gasteiger charge is -2.03. The summed E-state index contributed by atoms with van der Waals surface area (Å²) in [6.07, 6.45) is 4.28. The van der Waals surface area contributed by atoms with Crippen LogP contribution in [-0.2, 0) is 11.3 Å². The summed E-state index contributed by atoms with van der Waals surface area (Å²) >= 11 is 5.50. The Kier molecular flexibility index (Phi) is 4.95. The summed E-state index contributed by atoms with van der Waals surface area (Å²) in [4.78, 5) is 2.73. The van der Waals surface area contributed by atoms with Gasteiger partial charge in [0.1, 0.15) is 11.3 Å². The van der Waals surface area contributed by atoms with Crippen molar-refractivity contribution >= 4 is 45.1 Å². The summed E-state index contributed by atoms with van der Waals surface area (Å²) < 4.78 is 8.92. The van der Waals surface area contributed by atoms with Crippen LogP contribution in [0.5, 0.6) is 0 Å².